The first-order valence-electron chi connectivity index (χ1n) is 8.35. The maximum Gasteiger partial charge on any atom is 0.316 e. The van der Waals surface area contributed by atoms with Gasteiger partial charge < -0.3 is 9.64 Å². The Kier molecular flexibility index (Phi) is 5.52. The molecule has 1 aliphatic rings. The number of anilines is 1. The van der Waals surface area contributed by atoms with Gasteiger partial charge in [-0.1, -0.05) is 23.7 Å². The van der Waals surface area contributed by atoms with E-state index >= 15 is 0 Å². The third-order valence-electron chi connectivity index (χ3n) is 4.27. The van der Waals surface area contributed by atoms with Gasteiger partial charge in [-0.05, 0) is 37.1 Å². The molecule has 0 spiro atoms. The molecule has 3 rings (SSSR count). The van der Waals surface area contributed by atoms with Crippen LogP contribution in [0.5, 0.6) is 0 Å². The smallest absolute Gasteiger partial charge is 0.316 e. The fourth-order valence-corrected chi connectivity index (χ4v) is 3.18. The quantitative estimate of drug-likeness (QED) is 0.603. The fraction of sp³-hybridized carbons (Fsp3) is 0.316. The first kappa shape index (κ1) is 18.3. The lowest BCUT2D eigenvalue weighted by Gasteiger charge is -2.30. The highest BCUT2D eigenvalue weighted by molar-refractivity contribution is 6.30. The van der Waals surface area contributed by atoms with Gasteiger partial charge in [-0.15, -0.1) is 0 Å². The normalized spacial score (nSPS) is 17.3. The highest BCUT2D eigenvalue weighted by atomic mass is 35.5. The molecule has 2 aromatic rings. The topological polar surface area (TPSA) is 59.5 Å². The number of halogens is 2. The molecule has 0 aliphatic carbocycles. The van der Waals surface area contributed by atoms with Gasteiger partial charge in [-0.25, -0.2) is 9.37 Å². The van der Waals surface area contributed by atoms with E-state index in [0.717, 1.165) is 5.56 Å². The SMILES string of the molecule is CCOC(=O)C1CCN(c2ncc(-c3cccc(Cl)c3)cc2F)CC1=O. The van der Waals surface area contributed by atoms with Gasteiger partial charge in [-0.2, -0.15) is 0 Å². The molecule has 136 valence electrons. The van der Waals surface area contributed by atoms with Crippen LogP contribution in [0.1, 0.15) is 13.3 Å². The van der Waals surface area contributed by atoms with E-state index in [-0.39, 0.29) is 31.2 Å². The molecule has 1 aromatic carbocycles. The monoisotopic (exact) mass is 376 g/mol. The van der Waals surface area contributed by atoms with Crippen LogP contribution in [-0.2, 0) is 14.3 Å². The lowest BCUT2D eigenvalue weighted by Crippen LogP contribution is -2.45. The molecule has 26 heavy (non-hydrogen) atoms. The van der Waals surface area contributed by atoms with Crippen molar-refractivity contribution in [1.29, 1.82) is 0 Å². The average Bonchev–Trinajstić information content (AvgIpc) is 2.61. The minimum Gasteiger partial charge on any atom is -0.465 e. The molecule has 1 aromatic heterocycles. The Bertz CT molecular complexity index is 843. The van der Waals surface area contributed by atoms with E-state index in [0.29, 0.717) is 17.1 Å². The molecular weight excluding hydrogens is 359 g/mol. The molecular formula is C19H18ClFN2O3. The van der Waals surface area contributed by atoms with E-state index in [1.54, 1.807) is 36.2 Å². The Morgan fingerprint density at radius 2 is 2.19 bits per heavy atom. The second-order valence-electron chi connectivity index (χ2n) is 6.02. The van der Waals surface area contributed by atoms with Crippen LogP contribution in [0, 0.1) is 11.7 Å². The zero-order valence-electron chi connectivity index (χ0n) is 14.2. The van der Waals surface area contributed by atoms with Crippen LogP contribution in [0.3, 0.4) is 0 Å². The van der Waals surface area contributed by atoms with Gasteiger partial charge in [0.1, 0.15) is 5.92 Å². The van der Waals surface area contributed by atoms with Crippen molar-refractivity contribution in [1.82, 2.24) is 4.98 Å². The number of hydrogen-bond acceptors (Lipinski definition) is 5. The number of carbonyl (C=O) groups excluding carboxylic acids is 2. The Hall–Kier alpha value is -2.47. The zero-order chi connectivity index (χ0) is 18.7. The van der Waals surface area contributed by atoms with E-state index in [9.17, 15) is 14.0 Å². The van der Waals surface area contributed by atoms with Crippen LogP contribution in [0.15, 0.2) is 36.5 Å². The summed E-state index contributed by atoms with van der Waals surface area (Å²) < 4.78 is 19.5. The molecule has 2 heterocycles. The van der Waals surface area contributed by atoms with Crippen molar-refractivity contribution in [3.63, 3.8) is 0 Å². The van der Waals surface area contributed by atoms with Gasteiger partial charge in [-0.3, -0.25) is 9.59 Å². The number of esters is 1. The van der Waals surface area contributed by atoms with Gasteiger partial charge in [0.25, 0.3) is 0 Å². The van der Waals surface area contributed by atoms with Crippen molar-refractivity contribution < 1.29 is 18.7 Å². The Morgan fingerprint density at radius 1 is 1.38 bits per heavy atom. The number of carbonyl (C=O) groups is 2. The number of benzene rings is 1. The second-order valence-corrected chi connectivity index (χ2v) is 6.46. The predicted octanol–water partition coefficient (Wildman–Crippen LogP) is 3.50. The summed E-state index contributed by atoms with van der Waals surface area (Å²) in [5.74, 6) is -1.99. The van der Waals surface area contributed by atoms with E-state index in [4.69, 9.17) is 16.3 Å². The number of ketones is 1. The molecule has 0 saturated carbocycles. The van der Waals surface area contributed by atoms with Gasteiger partial charge >= 0.3 is 5.97 Å². The molecule has 0 bridgehead atoms. The summed E-state index contributed by atoms with van der Waals surface area (Å²) in [6, 6.07) is 8.43. The number of aromatic nitrogens is 1. The summed E-state index contributed by atoms with van der Waals surface area (Å²) in [6.07, 6.45) is 1.83. The third kappa shape index (κ3) is 3.85. The minimum atomic E-state index is -0.778. The van der Waals surface area contributed by atoms with Crippen LogP contribution >= 0.6 is 11.6 Å². The van der Waals surface area contributed by atoms with Crippen molar-refractivity contribution in [2.75, 3.05) is 24.6 Å². The predicted molar refractivity (Wildman–Crippen MR) is 96.6 cm³/mol. The largest absolute Gasteiger partial charge is 0.465 e. The standard InChI is InChI=1S/C19H18ClFN2O3/c1-2-26-19(25)15-6-7-23(11-17(15)24)18-16(21)9-13(10-22-18)12-4-3-5-14(20)8-12/h3-5,8-10,15H,2,6-7,11H2,1H3. The first-order chi connectivity index (χ1) is 12.5. The van der Waals surface area contributed by atoms with E-state index in [2.05, 4.69) is 4.98 Å². The number of ether oxygens (including phenoxy) is 1. The van der Waals surface area contributed by atoms with Crippen molar-refractivity contribution in [2.24, 2.45) is 5.92 Å². The molecule has 0 N–H and O–H groups in total. The molecule has 1 saturated heterocycles. The summed E-state index contributed by atoms with van der Waals surface area (Å²) in [4.78, 5) is 29.7. The van der Waals surface area contributed by atoms with Gasteiger partial charge in [0.2, 0.25) is 0 Å². The first-order valence-corrected chi connectivity index (χ1v) is 8.73. The van der Waals surface area contributed by atoms with Crippen LogP contribution in [0.25, 0.3) is 11.1 Å². The number of nitrogens with zero attached hydrogens (tertiary/aromatic N) is 2. The van der Waals surface area contributed by atoms with Gasteiger partial charge in [0, 0.05) is 23.3 Å². The molecule has 0 radical (unpaired) electrons. The molecule has 5 nitrogen and oxygen atoms in total. The van der Waals surface area contributed by atoms with E-state index in [1.807, 2.05) is 6.07 Å². The summed E-state index contributed by atoms with van der Waals surface area (Å²) >= 11 is 5.97. The Balaban J connectivity index is 1.77. The van der Waals surface area contributed by atoms with Crippen LogP contribution in [0.4, 0.5) is 10.2 Å². The third-order valence-corrected chi connectivity index (χ3v) is 4.51. The average molecular weight is 377 g/mol. The summed E-state index contributed by atoms with van der Waals surface area (Å²) in [7, 11) is 0. The van der Waals surface area contributed by atoms with E-state index in [1.165, 1.54) is 6.07 Å². The summed E-state index contributed by atoms with van der Waals surface area (Å²) in [6.45, 7) is 2.21. The minimum absolute atomic E-state index is 0.0656. The summed E-state index contributed by atoms with van der Waals surface area (Å²) in [5.41, 5.74) is 1.36. The van der Waals surface area contributed by atoms with Crippen molar-refractivity contribution >= 4 is 29.2 Å². The number of Topliss-reactive ketones (excluding diaryl/α,β-unsaturated/α-hetero) is 1. The molecule has 1 atom stereocenters. The number of rotatable bonds is 4. The van der Waals surface area contributed by atoms with Crippen molar-refractivity contribution in [2.45, 2.75) is 13.3 Å². The summed E-state index contributed by atoms with van der Waals surface area (Å²) in [5, 5.41) is 0.554. The van der Waals surface area contributed by atoms with Crippen LogP contribution in [0.2, 0.25) is 5.02 Å². The van der Waals surface area contributed by atoms with Crippen molar-refractivity contribution in [3.8, 4) is 11.1 Å². The maximum atomic E-state index is 14.6. The lowest BCUT2D eigenvalue weighted by atomic mass is 9.95. The van der Waals surface area contributed by atoms with Crippen LogP contribution in [-0.4, -0.2) is 36.4 Å². The lowest BCUT2D eigenvalue weighted by molar-refractivity contribution is -0.152. The van der Waals surface area contributed by atoms with Crippen LogP contribution < -0.4 is 4.90 Å². The Morgan fingerprint density at radius 3 is 2.85 bits per heavy atom. The molecule has 0 amide bonds. The van der Waals surface area contributed by atoms with Crippen molar-refractivity contribution in [3.05, 3.63) is 47.4 Å². The highest BCUT2D eigenvalue weighted by Gasteiger charge is 2.34. The Labute approximate surface area is 155 Å². The highest BCUT2D eigenvalue weighted by Crippen LogP contribution is 2.28. The number of hydrogen-bond donors (Lipinski definition) is 0. The molecule has 1 fully saturated rings. The number of piperidine rings is 1. The molecule has 1 aliphatic heterocycles. The molecule has 7 heteroatoms. The maximum absolute atomic E-state index is 14.6. The zero-order valence-corrected chi connectivity index (χ0v) is 15.0. The number of pyridine rings is 1. The fourth-order valence-electron chi connectivity index (χ4n) is 2.99. The van der Waals surface area contributed by atoms with E-state index < -0.39 is 17.7 Å². The molecule has 1 unspecified atom stereocenters. The van der Waals surface area contributed by atoms with Gasteiger partial charge in [0.05, 0.1) is 13.2 Å². The second kappa shape index (κ2) is 7.83. The van der Waals surface area contributed by atoms with Gasteiger partial charge in [0.15, 0.2) is 17.4 Å².